The molecule has 67 heavy (non-hydrogen) atoms. The van der Waals surface area contributed by atoms with Crippen molar-refractivity contribution >= 4 is 30.5 Å². The first kappa shape index (κ1) is 57.3. The highest BCUT2D eigenvalue weighted by molar-refractivity contribution is 5.70. The molecule has 2 saturated heterocycles. The molecule has 14 atom stereocenters. The number of ether oxygens (including phenoxy) is 9. The molecule has 3 fully saturated rings. The maximum atomic E-state index is 13.5. The summed E-state index contributed by atoms with van der Waals surface area (Å²) >= 11 is 0. The normalized spacial score (nSPS) is 31.9. The number of aliphatic hydroxyl groups excluding tert-OH is 5. The first-order chi connectivity index (χ1) is 30.4. The summed E-state index contributed by atoms with van der Waals surface area (Å²) in [6.07, 6.45) is -21.7. The van der Waals surface area contributed by atoms with Crippen LogP contribution in [0, 0.1) is 0 Å². The monoisotopic (exact) mass is 968 g/mol. The second kappa shape index (κ2) is 22.6. The summed E-state index contributed by atoms with van der Waals surface area (Å²) < 4.78 is 51.9. The SMILES string of the molecule is CC(C)(C)OC(=O)NC[C@H]1O[C@H](O[C@H]2[C@H](O)[C@@H](O[C@H]3O[C@H](CO)[C@@H](O)[C@H](NC(=O)OC(C)(C)C)[C@H]3O)[C@H](NC(=O)OC(C)(C)C)C[C@@H]2NC(=O)OC(C)(C)C)[C@H](NC(=O)OC(C)(C)C)C[C@@H]1O. The largest absolute Gasteiger partial charge is 0.444 e. The topological polar surface area (TPSA) is 330 Å². The summed E-state index contributed by atoms with van der Waals surface area (Å²) in [5.41, 5.74) is -4.84. The number of hydrogen-bond acceptors (Lipinski definition) is 19. The van der Waals surface area contributed by atoms with Crippen molar-refractivity contribution in [2.45, 2.75) is 230 Å². The standard InChI is InChI=1S/C43H77N5O19/c1-39(2,3)63-34(54)44-18-24-23(50)17-22(47-37(57)66-42(10,11)12)32(59-24)61-30-20(45-35(55)64-40(4,5)6)16-21(46-36(56)65-41(7,8)9)31(29(30)53)62-33-28(52)26(27(51)25(19-49)60-33)48-38(58)67-43(13,14)15/h20-33,49-53H,16-19H2,1-15H3,(H,44,54)(H,45,55)(H,46,56)(H,47,57)(H,48,58)/t20-,21+,22+,23-,24+,25+,26-,27+,28+,29-,30+,31-,32+,33+/m0/s1. The lowest BCUT2D eigenvalue weighted by Gasteiger charge is -2.49. The van der Waals surface area contributed by atoms with Crippen LogP contribution < -0.4 is 26.6 Å². The third-order valence-corrected chi connectivity index (χ3v) is 9.64. The van der Waals surface area contributed by atoms with Crippen LogP contribution in [0.15, 0.2) is 0 Å². The summed E-state index contributed by atoms with van der Waals surface area (Å²) in [6.45, 7) is 23.2. The molecule has 388 valence electrons. The zero-order chi connectivity index (χ0) is 51.2. The number of hydrogen-bond donors (Lipinski definition) is 10. The van der Waals surface area contributed by atoms with E-state index in [1.54, 1.807) is 104 Å². The molecule has 24 nitrogen and oxygen atoms in total. The van der Waals surface area contributed by atoms with Gasteiger partial charge < -0.3 is 94.7 Å². The minimum Gasteiger partial charge on any atom is -0.444 e. The number of rotatable bonds is 11. The van der Waals surface area contributed by atoms with Gasteiger partial charge >= 0.3 is 30.5 Å². The van der Waals surface area contributed by atoms with Crippen LogP contribution in [0.3, 0.4) is 0 Å². The molecule has 24 heteroatoms. The van der Waals surface area contributed by atoms with Crippen LogP contribution in [0.5, 0.6) is 0 Å². The molecule has 1 saturated carbocycles. The molecule has 0 bridgehead atoms. The first-order valence-electron chi connectivity index (χ1n) is 22.3. The average Bonchev–Trinajstić information content (AvgIpc) is 3.10. The zero-order valence-electron chi connectivity index (χ0n) is 41.4. The quantitative estimate of drug-likeness (QED) is 0.131. The van der Waals surface area contributed by atoms with Gasteiger partial charge in [0.15, 0.2) is 12.6 Å². The first-order valence-corrected chi connectivity index (χ1v) is 22.3. The Morgan fingerprint density at radius 1 is 0.478 bits per heavy atom. The fourth-order valence-corrected chi connectivity index (χ4v) is 7.15. The van der Waals surface area contributed by atoms with Crippen molar-refractivity contribution < 1.29 is 92.1 Å². The van der Waals surface area contributed by atoms with E-state index in [1.165, 1.54) is 0 Å². The van der Waals surface area contributed by atoms with Crippen LogP contribution in [0.1, 0.15) is 117 Å². The van der Waals surface area contributed by atoms with E-state index in [0.29, 0.717) is 0 Å². The molecule has 5 amide bonds. The highest BCUT2D eigenvalue weighted by atomic mass is 16.7. The Balaban J connectivity index is 2.14. The Hall–Kier alpha value is -4.01. The van der Waals surface area contributed by atoms with Crippen LogP contribution in [-0.2, 0) is 42.6 Å². The van der Waals surface area contributed by atoms with E-state index in [9.17, 15) is 49.5 Å². The van der Waals surface area contributed by atoms with Gasteiger partial charge in [0.25, 0.3) is 0 Å². The Morgan fingerprint density at radius 2 is 0.851 bits per heavy atom. The predicted octanol–water partition coefficient (Wildman–Crippen LogP) is 1.53. The van der Waals surface area contributed by atoms with Crippen LogP contribution in [0.2, 0.25) is 0 Å². The molecule has 2 heterocycles. The van der Waals surface area contributed by atoms with Crippen LogP contribution in [0.4, 0.5) is 24.0 Å². The smallest absolute Gasteiger partial charge is 0.408 e. The van der Waals surface area contributed by atoms with E-state index in [2.05, 4.69) is 26.6 Å². The number of amides is 5. The fourth-order valence-electron chi connectivity index (χ4n) is 7.15. The molecule has 0 aromatic carbocycles. The van der Waals surface area contributed by atoms with E-state index >= 15 is 0 Å². The molecule has 0 aromatic heterocycles. The molecule has 10 N–H and O–H groups in total. The summed E-state index contributed by atoms with van der Waals surface area (Å²) in [7, 11) is 0. The molecule has 0 unspecified atom stereocenters. The molecule has 3 rings (SSSR count). The highest BCUT2D eigenvalue weighted by Gasteiger charge is 2.54. The van der Waals surface area contributed by atoms with E-state index in [1.807, 2.05) is 0 Å². The lowest BCUT2D eigenvalue weighted by Crippen LogP contribution is -2.70. The Kier molecular flexibility index (Phi) is 19.3. The number of carbonyl (C=O) groups excluding carboxylic acids is 5. The van der Waals surface area contributed by atoms with Gasteiger partial charge in [0.2, 0.25) is 0 Å². The van der Waals surface area contributed by atoms with Crippen molar-refractivity contribution in [3.8, 4) is 0 Å². The molecule has 0 spiro atoms. The second-order valence-electron chi connectivity index (χ2n) is 21.8. The van der Waals surface area contributed by atoms with Gasteiger partial charge in [0.05, 0.1) is 36.9 Å². The Morgan fingerprint density at radius 3 is 1.27 bits per heavy atom. The third-order valence-electron chi connectivity index (χ3n) is 9.64. The van der Waals surface area contributed by atoms with E-state index in [0.717, 1.165) is 0 Å². The fraction of sp³-hybridized carbons (Fsp3) is 0.884. The molecule has 0 aromatic rings. The van der Waals surface area contributed by atoms with Gasteiger partial charge in [-0.1, -0.05) is 0 Å². The summed E-state index contributed by atoms with van der Waals surface area (Å²) in [4.78, 5) is 65.6. The summed E-state index contributed by atoms with van der Waals surface area (Å²) in [6, 6.07) is -5.42. The molecule has 3 aliphatic rings. The van der Waals surface area contributed by atoms with Gasteiger partial charge in [0.1, 0.15) is 70.7 Å². The molecule has 1 aliphatic carbocycles. The van der Waals surface area contributed by atoms with Crippen molar-refractivity contribution in [3.63, 3.8) is 0 Å². The van der Waals surface area contributed by atoms with Crippen LogP contribution >= 0.6 is 0 Å². The van der Waals surface area contributed by atoms with Crippen molar-refractivity contribution in [1.29, 1.82) is 0 Å². The van der Waals surface area contributed by atoms with Crippen molar-refractivity contribution in [1.82, 2.24) is 26.6 Å². The lowest BCUT2D eigenvalue weighted by molar-refractivity contribution is -0.318. The zero-order valence-corrected chi connectivity index (χ0v) is 41.4. The summed E-state index contributed by atoms with van der Waals surface area (Å²) in [5, 5.41) is 69.5. The minimum atomic E-state index is -1.96. The van der Waals surface area contributed by atoms with E-state index in [-0.39, 0.29) is 19.4 Å². The van der Waals surface area contributed by atoms with Crippen LogP contribution in [-0.4, -0.2) is 183 Å². The number of aliphatic hydroxyl groups is 5. The van der Waals surface area contributed by atoms with Gasteiger partial charge in [-0.15, -0.1) is 0 Å². The highest BCUT2D eigenvalue weighted by Crippen LogP contribution is 2.34. The minimum absolute atomic E-state index is 0.251. The maximum absolute atomic E-state index is 13.5. The van der Waals surface area contributed by atoms with E-state index < -0.39 is 151 Å². The number of nitrogens with one attached hydrogen (secondary N) is 5. The molecule has 0 radical (unpaired) electrons. The third kappa shape index (κ3) is 19.1. The number of alkyl carbamates (subject to hydrolysis) is 5. The second-order valence-corrected chi connectivity index (χ2v) is 21.8. The van der Waals surface area contributed by atoms with Crippen molar-refractivity contribution in [3.05, 3.63) is 0 Å². The predicted molar refractivity (Wildman–Crippen MR) is 234 cm³/mol. The van der Waals surface area contributed by atoms with Crippen LogP contribution in [0.25, 0.3) is 0 Å². The van der Waals surface area contributed by atoms with Gasteiger partial charge in [-0.2, -0.15) is 0 Å². The van der Waals surface area contributed by atoms with Gasteiger partial charge in [-0.05, 0) is 110 Å². The lowest BCUT2D eigenvalue weighted by atomic mass is 9.83. The maximum Gasteiger partial charge on any atom is 0.408 e. The summed E-state index contributed by atoms with van der Waals surface area (Å²) in [5.74, 6) is 0. The van der Waals surface area contributed by atoms with Crippen molar-refractivity contribution in [2.24, 2.45) is 0 Å². The van der Waals surface area contributed by atoms with Gasteiger partial charge in [-0.25, -0.2) is 24.0 Å². The molecular formula is C43H77N5O19. The average molecular weight is 968 g/mol. The number of carbonyl (C=O) groups is 5. The molecular weight excluding hydrogens is 890 g/mol. The van der Waals surface area contributed by atoms with Gasteiger partial charge in [-0.3, -0.25) is 0 Å². The Labute approximate surface area is 392 Å². The van der Waals surface area contributed by atoms with Gasteiger partial charge in [0, 0.05) is 13.0 Å². The Bertz CT molecular complexity index is 1670. The molecule has 2 aliphatic heterocycles. The van der Waals surface area contributed by atoms with Crippen molar-refractivity contribution in [2.75, 3.05) is 13.2 Å². The van der Waals surface area contributed by atoms with E-state index in [4.69, 9.17) is 42.6 Å².